The Kier molecular flexibility index (Phi) is 5.75. The fourth-order valence-corrected chi connectivity index (χ4v) is 4.40. The van der Waals surface area contributed by atoms with E-state index in [1.807, 2.05) is 60.7 Å². The second kappa shape index (κ2) is 8.98. The summed E-state index contributed by atoms with van der Waals surface area (Å²) in [6.07, 6.45) is 0.569. The largest absolute Gasteiger partial charge is 0.424 e. The minimum atomic E-state index is -0.157. The van der Waals surface area contributed by atoms with Crippen molar-refractivity contribution in [3.8, 4) is 5.69 Å². The summed E-state index contributed by atoms with van der Waals surface area (Å²) in [6.45, 7) is 0. The van der Waals surface area contributed by atoms with Gasteiger partial charge < -0.3 is 4.42 Å². The van der Waals surface area contributed by atoms with Gasteiger partial charge in [-0.2, -0.15) is 0 Å². The molecule has 0 atom stereocenters. The van der Waals surface area contributed by atoms with E-state index in [-0.39, 0.29) is 5.56 Å². The summed E-state index contributed by atoms with van der Waals surface area (Å²) in [5.74, 6) is 1.40. The van der Waals surface area contributed by atoms with Crippen molar-refractivity contribution in [1.29, 1.82) is 0 Å². The average molecular weight is 461 g/mol. The van der Waals surface area contributed by atoms with Crippen molar-refractivity contribution in [1.82, 2.24) is 19.7 Å². The summed E-state index contributed by atoms with van der Waals surface area (Å²) < 4.78 is 7.38. The van der Waals surface area contributed by atoms with Crippen LogP contribution >= 0.6 is 23.4 Å². The molecule has 0 aliphatic rings. The first-order valence-corrected chi connectivity index (χ1v) is 11.3. The van der Waals surface area contributed by atoms with Gasteiger partial charge in [0.25, 0.3) is 5.56 Å². The highest BCUT2D eigenvalue weighted by molar-refractivity contribution is 7.98. The molecule has 2 heterocycles. The molecule has 0 N–H and O–H groups in total. The zero-order valence-electron chi connectivity index (χ0n) is 16.8. The van der Waals surface area contributed by atoms with Crippen LogP contribution in [0.15, 0.2) is 93.2 Å². The van der Waals surface area contributed by atoms with Crippen molar-refractivity contribution in [3.63, 3.8) is 0 Å². The van der Waals surface area contributed by atoms with Crippen LogP contribution in [0.25, 0.3) is 16.6 Å². The Morgan fingerprint density at radius 2 is 1.69 bits per heavy atom. The molecule has 0 amide bonds. The Morgan fingerprint density at radius 3 is 2.53 bits per heavy atom. The minimum Gasteiger partial charge on any atom is -0.424 e. The number of fused-ring (bicyclic) bond motifs is 1. The highest BCUT2D eigenvalue weighted by atomic mass is 35.5. The van der Waals surface area contributed by atoms with Crippen molar-refractivity contribution in [2.45, 2.75) is 17.3 Å². The summed E-state index contributed by atoms with van der Waals surface area (Å²) in [5.41, 5.74) is 2.23. The van der Waals surface area contributed by atoms with Gasteiger partial charge in [0.2, 0.25) is 11.8 Å². The maximum atomic E-state index is 13.3. The summed E-state index contributed by atoms with van der Waals surface area (Å²) in [6, 6.07) is 24.4. The number of hydrogen-bond acceptors (Lipinski definition) is 6. The quantitative estimate of drug-likeness (QED) is 0.252. The van der Waals surface area contributed by atoms with E-state index in [0.29, 0.717) is 50.7 Å². The molecule has 32 heavy (non-hydrogen) atoms. The Labute approximate surface area is 192 Å². The SMILES string of the molecule is O=c1c2ccccc2nc(SCc2nnc(Cc3ccccc3)o2)n1-c1cccc(Cl)c1. The van der Waals surface area contributed by atoms with Crippen LogP contribution < -0.4 is 5.56 Å². The summed E-state index contributed by atoms with van der Waals surface area (Å²) in [5, 5.41) is 9.91. The molecule has 2 aromatic heterocycles. The summed E-state index contributed by atoms with van der Waals surface area (Å²) in [7, 11) is 0. The van der Waals surface area contributed by atoms with Gasteiger partial charge in [-0.15, -0.1) is 10.2 Å². The van der Waals surface area contributed by atoms with Crippen molar-refractivity contribution in [3.05, 3.63) is 112 Å². The fourth-order valence-electron chi connectivity index (χ4n) is 3.37. The van der Waals surface area contributed by atoms with Crippen LogP contribution in [0.3, 0.4) is 0 Å². The molecule has 0 aliphatic heterocycles. The molecule has 6 nitrogen and oxygen atoms in total. The molecule has 0 saturated heterocycles. The number of nitrogens with zero attached hydrogens (tertiary/aromatic N) is 4. The normalized spacial score (nSPS) is 11.2. The first kappa shape index (κ1) is 20.5. The second-order valence-corrected chi connectivity index (χ2v) is 8.45. The van der Waals surface area contributed by atoms with Crippen LogP contribution in [0.1, 0.15) is 17.3 Å². The van der Waals surface area contributed by atoms with Crippen LogP contribution in [-0.4, -0.2) is 19.7 Å². The zero-order valence-corrected chi connectivity index (χ0v) is 18.4. The van der Waals surface area contributed by atoms with Crippen LogP contribution in [0.4, 0.5) is 0 Å². The van der Waals surface area contributed by atoms with Gasteiger partial charge in [0.15, 0.2) is 5.16 Å². The molecule has 0 saturated carbocycles. The number of halogens is 1. The van der Waals surface area contributed by atoms with E-state index < -0.39 is 0 Å². The average Bonchev–Trinajstić information content (AvgIpc) is 3.26. The monoisotopic (exact) mass is 460 g/mol. The summed E-state index contributed by atoms with van der Waals surface area (Å²) in [4.78, 5) is 18.0. The number of aromatic nitrogens is 4. The van der Waals surface area contributed by atoms with Gasteiger partial charge >= 0.3 is 0 Å². The Bertz CT molecular complexity index is 1450. The molecule has 0 unspecified atom stereocenters. The summed E-state index contributed by atoms with van der Waals surface area (Å²) >= 11 is 7.55. The molecule has 158 valence electrons. The van der Waals surface area contributed by atoms with Crippen molar-refractivity contribution in [2.24, 2.45) is 0 Å². The first-order valence-electron chi connectivity index (χ1n) is 9.93. The Morgan fingerprint density at radius 1 is 0.906 bits per heavy atom. The molecule has 0 aliphatic carbocycles. The van der Waals surface area contributed by atoms with Crippen LogP contribution in [0, 0.1) is 0 Å². The van der Waals surface area contributed by atoms with Gasteiger partial charge in [-0.3, -0.25) is 9.36 Å². The first-order chi connectivity index (χ1) is 15.7. The zero-order chi connectivity index (χ0) is 21.9. The van der Waals surface area contributed by atoms with Crippen molar-refractivity contribution < 1.29 is 4.42 Å². The van der Waals surface area contributed by atoms with E-state index in [0.717, 1.165) is 5.56 Å². The number of para-hydroxylation sites is 1. The molecular formula is C24H17ClN4O2S. The molecule has 0 spiro atoms. The number of rotatable bonds is 6. The van der Waals surface area contributed by atoms with E-state index in [4.69, 9.17) is 21.0 Å². The molecular weight excluding hydrogens is 444 g/mol. The van der Waals surface area contributed by atoms with E-state index in [2.05, 4.69) is 10.2 Å². The van der Waals surface area contributed by atoms with Crippen LogP contribution in [-0.2, 0) is 12.2 Å². The van der Waals surface area contributed by atoms with Crippen LogP contribution in [0.2, 0.25) is 5.02 Å². The highest BCUT2D eigenvalue weighted by Crippen LogP contribution is 2.25. The van der Waals surface area contributed by atoms with Crippen LogP contribution in [0.5, 0.6) is 0 Å². The van der Waals surface area contributed by atoms with E-state index in [1.165, 1.54) is 11.8 Å². The number of hydrogen-bond donors (Lipinski definition) is 0. The van der Waals surface area contributed by atoms with E-state index in [9.17, 15) is 4.79 Å². The molecule has 8 heteroatoms. The maximum Gasteiger partial charge on any atom is 0.266 e. The topological polar surface area (TPSA) is 73.8 Å². The van der Waals surface area contributed by atoms with Gasteiger partial charge in [0, 0.05) is 5.02 Å². The standard InChI is InChI=1S/C24H17ClN4O2S/c25-17-9-6-10-18(14-17)29-23(30)19-11-4-5-12-20(19)26-24(29)32-15-22-28-27-21(31-22)13-16-7-2-1-3-8-16/h1-12,14H,13,15H2. The highest BCUT2D eigenvalue weighted by Gasteiger charge is 2.15. The van der Waals surface area contributed by atoms with Crippen molar-refractivity contribution in [2.75, 3.05) is 0 Å². The molecule has 0 radical (unpaired) electrons. The third-order valence-electron chi connectivity index (χ3n) is 4.84. The molecule has 0 bridgehead atoms. The predicted octanol–water partition coefficient (Wildman–Crippen LogP) is 5.31. The molecule has 5 rings (SSSR count). The Balaban J connectivity index is 1.46. The van der Waals surface area contributed by atoms with Gasteiger partial charge in [-0.05, 0) is 35.9 Å². The fraction of sp³-hybridized carbons (Fsp3) is 0.0833. The van der Waals surface area contributed by atoms with Gasteiger partial charge in [0.1, 0.15) is 0 Å². The van der Waals surface area contributed by atoms with Crippen molar-refractivity contribution >= 4 is 34.3 Å². The lowest BCUT2D eigenvalue weighted by Gasteiger charge is -2.13. The number of thioether (sulfide) groups is 1. The molecule has 3 aromatic carbocycles. The maximum absolute atomic E-state index is 13.3. The lowest BCUT2D eigenvalue weighted by molar-refractivity contribution is 0.474. The lowest BCUT2D eigenvalue weighted by atomic mass is 10.2. The minimum absolute atomic E-state index is 0.157. The van der Waals surface area contributed by atoms with Gasteiger partial charge in [-0.25, -0.2) is 4.98 Å². The second-order valence-electron chi connectivity index (χ2n) is 7.07. The van der Waals surface area contributed by atoms with Gasteiger partial charge in [-0.1, -0.05) is 71.9 Å². The number of benzene rings is 3. The third kappa shape index (κ3) is 4.30. The third-order valence-corrected chi connectivity index (χ3v) is 6.00. The van der Waals surface area contributed by atoms with Gasteiger partial charge in [0.05, 0.1) is 28.8 Å². The Hall–Kier alpha value is -3.42. The smallest absolute Gasteiger partial charge is 0.266 e. The molecule has 5 aromatic rings. The lowest BCUT2D eigenvalue weighted by Crippen LogP contribution is -2.21. The predicted molar refractivity (Wildman–Crippen MR) is 125 cm³/mol. The van der Waals surface area contributed by atoms with E-state index in [1.54, 1.807) is 22.8 Å². The molecule has 0 fully saturated rings. The van der Waals surface area contributed by atoms with E-state index >= 15 is 0 Å².